The van der Waals surface area contributed by atoms with Gasteiger partial charge in [-0.2, -0.15) is 22.5 Å². The Bertz CT molecular complexity index is 397. The van der Waals surface area contributed by atoms with Gasteiger partial charge >= 0.3 is 0 Å². The molecule has 3 nitrogen and oxygen atoms in total. The van der Waals surface area contributed by atoms with Crippen LogP contribution >= 0.6 is 0 Å². The zero-order valence-electron chi connectivity index (χ0n) is 10.4. The molecule has 0 amide bonds. The number of anilines is 1. The molecule has 18 heavy (non-hydrogen) atoms. The number of hydrogen-bond acceptors (Lipinski definition) is 3. The molecule has 102 valence electrons. The standard InChI is InChI=1S/C11H15F4N3/c1-6(4-5-18(2)3)16-9-7(12)10(14)17-11(15)8(9)13/h6H,4-5H2,1-3H3,(H,16,17). The molecule has 1 heterocycles. The normalized spacial score (nSPS) is 12.9. The maximum Gasteiger partial charge on any atom is 0.253 e. The summed E-state index contributed by atoms with van der Waals surface area (Å²) in [6.07, 6.45) is 0.567. The van der Waals surface area contributed by atoms with E-state index in [1.165, 1.54) is 0 Å². The maximum absolute atomic E-state index is 13.3. The molecule has 0 saturated carbocycles. The number of pyridine rings is 1. The number of halogens is 4. The Morgan fingerprint density at radius 1 is 1.11 bits per heavy atom. The molecule has 0 bridgehead atoms. The van der Waals surface area contributed by atoms with E-state index in [2.05, 4.69) is 10.3 Å². The van der Waals surface area contributed by atoms with Crippen molar-refractivity contribution in [3.8, 4) is 0 Å². The summed E-state index contributed by atoms with van der Waals surface area (Å²) in [5.74, 6) is -6.33. The molecule has 0 spiro atoms. The Morgan fingerprint density at radius 2 is 1.61 bits per heavy atom. The first-order chi connectivity index (χ1) is 8.32. The van der Waals surface area contributed by atoms with Crippen molar-refractivity contribution in [2.24, 2.45) is 0 Å². The van der Waals surface area contributed by atoms with E-state index in [9.17, 15) is 17.6 Å². The van der Waals surface area contributed by atoms with Gasteiger partial charge in [-0.25, -0.2) is 0 Å². The summed E-state index contributed by atoms with van der Waals surface area (Å²) in [5.41, 5.74) is -0.814. The molecule has 1 atom stereocenters. The van der Waals surface area contributed by atoms with Gasteiger partial charge in [0, 0.05) is 6.04 Å². The van der Waals surface area contributed by atoms with Crippen LogP contribution in [0.1, 0.15) is 13.3 Å². The quantitative estimate of drug-likeness (QED) is 0.654. The van der Waals surface area contributed by atoms with Crippen LogP contribution in [-0.4, -0.2) is 36.6 Å². The summed E-state index contributed by atoms with van der Waals surface area (Å²) >= 11 is 0. The molecule has 1 N–H and O–H groups in total. The zero-order valence-corrected chi connectivity index (χ0v) is 10.4. The van der Waals surface area contributed by atoms with Crippen LogP contribution in [0.25, 0.3) is 0 Å². The topological polar surface area (TPSA) is 28.2 Å². The van der Waals surface area contributed by atoms with E-state index < -0.39 is 29.2 Å². The molecule has 0 aliphatic rings. The highest BCUT2D eigenvalue weighted by atomic mass is 19.2. The molecule has 1 unspecified atom stereocenters. The fraction of sp³-hybridized carbons (Fsp3) is 0.545. The number of hydrogen-bond donors (Lipinski definition) is 1. The molecule has 1 rings (SSSR count). The Labute approximate surface area is 103 Å². The smallest absolute Gasteiger partial charge is 0.253 e. The summed E-state index contributed by atoms with van der Waals surface area (Å²) < 4.78 is 52.3. The third-order valence-electron chi connectivity index (χ3n) is 2.40. The van der Waals surface area contributed by atoms with Crippen molar-refractivity contribution in [2.75, 3.05) is 26.0 Å². The van der Waals surface area contributed by atoms with E-state index in [0.29, 0.717) is 13.0 Å². The van der Waals surface area contributed by atoms with Gasteiger partial charge in [-0.15, -0.1) is 0 Å². The van der Waals surface area contributed by atoms with E-state index in [1.807, 2.05) is 19.0 Å². The van der Waals surface area contributed by atoms with E-state index in [-0.39, 0.29) is 6.04 Å². The minimum Gasteiger partial charge on any atom is -0.378 e. The Hall–Kier alpha value is -1.37. The number of nitrogens with zero attached hydrogens (tertiary/aromatic N) is 2. The van der Waals surface area contributed by atoms with Crippen molar-refractivity contribution in [2.45, 2.75) is 19.4 Å². The van der Waals surface area contributed by atoms with Crippen molar-refractivity contribution in [1.82, 2.24) is 9.88 Å². The van der Waals surface area contributed by atoms with Crippen molar-refractivity contribution in [3.63, 3.8) is 0 Å². The summed E-state index contributed by atoms with van der Waals surface area (Å²) in [5, 5.41) is 2.42. The average molecular weight is 265 g/mol. The second-order valence-corrected chi connectivity index (χ2v) is 4.33. The van der Waals surface area contributed by atoms with Crippen LogP contribution in [0.2, 0.25) is 0 Å². The van der Waals surface area contributed by atoms with Crippen LogP contribution in [0.15, 0.2) is 0 Å². The Kier molecular flexibility index (Phi) is 4.89. The molecule has 0 aliphatic heterocycles. The second kappa shape index (κ2) is 5.99. The van der Waals surface area contributed by atoms with Gasteiger partial charge in [0.15, 0.2) is 0 Å². The molecule has 7 heteroatoms. The van der Waals surface area contributed by atoms with Gasteiger partial charge in [-0.05, 0) is 34.0 Å². The van der Waals surface area contributed by atoms with Crippen LogP contribution in [0.5, 0.6) is 0 Å². The largest absolute Gasteiger partial charge is 0.378 e. The van der Waals surface area contributed by atoms with Crippen molar-refractivity contribution < 1.29 is 17.6 Å². The third kappa shape index (κ3) is 3.56. The lowest BCUT2D eigenvalue weighted by atomic mass is 10.2. The van der Waals surface area contributed by atoms with Gasteiger partial charge in [-0.1, -0.05) is 0 Å². The molecule has 1 aromatic rings. The third-order valence-corrected chi connectivity index (χ3v) is 2.40. The van der Waals surface area contributed by atoms with Crippen LogP contribution in [0.4, 0.5) is 23.2 Å². The van der Waals surface area contributed by atoms with Crippen LogP contribution in [0.3, 0.4) is 0 Å². The Morgan fingerprint density at radius 3 is 2.06 bits per heavy atom. The first kappa shape index (κ1) is 14.7. The molecule has 0 saturated heterocycles. The highest BCUT2D eigenvalue weighted by Crippen LogP contribution is 2.23. The van der Waals surface area contributed by atoms with Crippen molar-refractivity contribution in [3.05, 3.63) is 23.5 Å². The fourth-order valence-electron chi connectivity index (χ4n) is 1.38. The van der Waals surface area contributed by atoms with Gasteiger partial charge in [-0.3, -0.25) is 0 Å². The van der Waals surface area contributed by atoms with Crippen LogP contribution in [0, 0.1) is 23.5 Å². The molecule has 1 aromatic heterocycles. The summed E-state index contributed by atoms with van der Waals surface area (Å²) in [6.45, 7) is 2.34. The zero-order chi connectivity index (χ0) is 13.9. The predicted molar refractivity (Wildman–Crippen MR) is 60.3 cm³/mol. The number of nitrogens with one attached hydrogen (secondary N) is 1. The molecule has 0 aliphatic carbocycles. The first-order valence-electron chi connectivity index (χ1n) is 5.44. The predicted octanol–water partition coefficient (Wildman–Crippen LogP) is 2.39. The number of aromatic nitrogens is 1. The second-order valence-electron chi connectivity index (χ2n) is 4.33. The molecule has 0 aromatic carbocycles. The highest BCUT2D eigenvalue weighted by Gasteiger charge is 2.21. The van der Waals surface area contributed by atoms with Crippen molar-refractivity contribution >= 4 is 5.69 Å². The summed E-state index contributed by atoms with van der Waals surface area (Å²) in [6, 6.07) is -0.336. The monoisotopic (exact) mass is 265 g/mol. The minimum atomic E-state index is -1.66. The average Bonchev–Trinajstić information content (AvgIpc) is 2.29. The van der Waals surface area contributed by atoms with Crippen molar-refractivity contribution in [1.29, 1.82) is 0 Å². The fourth-order valence-corrected chi connectivity index (χ4v) is 1.38. The van der Waals surface area contributed by atoms with Gasteiger partial charge in [0.25, 0.3) is 11.9 Å². The Balaban J connectivity index is 2.84. The van der Waals surface area contributed by atoms with E-state index in [1.54, 1.807) is 6.92 Å². The summed E-state index contributed by atoms with van der Waals surface area (Å²) in [7, 11) is 3.69. The molecule has 0 radical (unpaired) electrons. The van der Waals surface area contributed by atoms with Crippen LogP contribution < -0.4 is 5.32 Å². The molecular formula is C11H15F4N3. The molecular weight excluding hydrogens is 250 g/mol. The van der Waals surface area contributed by atoms with Gasteiger partial charge in [0.05, 0.1) is 0 Å². The van der Waals surface area contributed by atoms with Gasteiger partial charge in [0.1, 0.15) is 5.69 Å². The lowest BCUT2D eigenvalue weighted by Crippen LogP contribution is -2.24. The maximum atomic E-state index is 13.3. The lowest BCUT2D eigenvalue weighted by Gasteiger charge is -2.18. The first-order valence-corrected chi connectivity index (χ1v) is 5.44. The van der Waals surface area contributed by atoms with E-state index in [4.69, 9.17) is 0 Å². The number of rotatable bonds is 5. The van der Waals surface area contributed by atoms with E-state index >= 15 is 0 Å². The SMILES string of the molecule is CC(CCN(C)C)Nc1c(F)c(F)nc(F)c1F. The lowest BCUT2D eigenvalue weighted by molar-refractivity contribution is 0.386. The van der Waals surface area contributed by atoms with Crippen LogP contribution in [-0.2, 0) is 0 Å². The minimum absolute atomic E-state index is 0.336. The summed E-state index contributed by atoms with van der Waals surface area (Å²) in [4.78, 5) is 4.37. The van der Waals surface area contributed by atoms with E-state index in [0.717, 1.165) is 0 Å². The highest BCUT2D eigenvalue weighted by molar-refractivity contribution is 5.46. The van der Waals surface area contributed by atoms with Gasteiger partial charge < -0.3 is 10.2 Å². The molecule has 0 fully saturated rings. The van der Waals surface area contributed by atoms with Gasteiger partial charge in [0.2, 0.25) is 11.6 Å².